The zero-order chi connectivity index (χ0) is 13.7. The molecule has 0 aliphatic carbocycles. The minimum absolute atomic E-state index is 0.161. The molecular formula is C12H11N4O2S-. The predicted octanol–water partition coefficient (Wildman–Crippen LogP) is 0.368. The Kier molecular flexibility index (Phi) is 4.30. The molecule has 98 valence electrons. The van der Waals surface area contributed by atoms with Crippen LogP contribution in [0, 0.1) is 0 Å². The molecule has 2 heterocycles. The molecule has 0 amide bonds. The van der Waals surface area contributed by atoms with Gasteiger partial charge < -0.3 is 9.90 Å². The van der Waals surface area contributed by atoms with Gasteiger partial charge in [0.15, 0.2) is 11.0 Å². The fourth-order valence-electron chi connectivity index (χ4n) is 1.53. The summed E-state index contributed by atoms with van der Waals surface area (Å²) in [7, 11) is 0. The van der Waals surface area contributed by atoms with Crippen LogP contribution in [0.25, 0.3) is 11.4 Å². The van der Waals surface area contributed by atoms with Crippen molar-refractivity contribution in [3.8, 4) is 11.4 Å². The van der Waals surface area contributed by atoms with E-state index >= 15 is 0 Å². The number of hydrogen-bond acceptors (Lipinski definition) is 6. The van der Waals surface area contributed by atoms with Crippen molar-refractivity contribution in [1.82, 2.24) is 19.7 Å². The van der Waals surface area contributed by atoms with Crippen LogP contribution in [-0.2, 0) is 11.3 Å². The normalized spacial score (nSPS) is 10.3. The molecule has 2 rings (SSSR count). The number of thioether (sulfide) groups is 1. The number of carbonyl (C=O) groups excluding carboxylic acids is 1. The molecule has 0 unspecified atom stereocenters. The van der Waals surface area contributed by atoms with Crippen LogP contribution >= 0.6 is 11.8 Å². The van der Waals surface area contributed by atoms with E-state index < -0.39 is 5.97 Å². The molecular weight excluding hydrogens is 264 g/mol. The Hall–Kier alpha value is -2.15. The quantitative estimate of drug-likeness (QED) is 0.559. The topological polar surface area (TPSA) is 83.7 Å². The van der Waals surface area contributed by atoms with Crippen LogP contribution in [0.15, 0.2) is 42.3 Å². The first-order chi connectivity index (χ1) is 9.22. The van der Waals surface area contributed by atoms with Gasteiger partial charge in [-0.15, -0.1) is 16.8 Å². The van der Waals surface area contributed by atoms with Gasteiger partial charge in [-0.3, -0.25) is 9.55 Å². The van der Waals surface area contributed by atoms with E-state index in [9.17, 15) is 9.90 Å². The lowest BCUT2D eigenvalue weighted by Gasteiger charge is -2.07. The Balaban J connectivity index is 2.34. The summed E-state index contributed by atoms with van der Waals surface area (Å²) in [5, 5.41) is 19.1. The number of carboxylic acids is 1. The van der Waals surface area contributed by atoms with Crippen molar-refractivity contribution in [2.75, 3.05) is 5.75 Å². The van der Waals surface area contributed by atoms with Crippen LogP contribution < -0.4 is 5.11 Å². The maximum absolute atomic E-state index is 10.5. The van der Waals surface area contributed by atoms with Gasteiger partial charge in [-0.05, 0) is 12.1 Å². The van der Waals surface area contributed by atoms with E-state index in [0.29, 0.717) is 17.5 Å². The van der Waals surface area contributed by atoms with Crippen molar-refractivity contribution in [2.24, 2.45) is 0 Å². The van der Waals surface area contributed by atoms with E-state index in [1.54, 1.807) is 23.0 Å². The molecule has 0 saturated heterocycles. The summed E-state index contributed by atoms with van der Waals surface area (Å²) in [6.45, 7) is 4.18. The van der Waals surface area contributed by atoms with Gasteiger partial charge in [0.05, 0.1) is 5.97 Å². The van der Waals surface area contributed by atoms with E-state index in [0.717, 1.165) is 17.3 Å². The fraction of sp³-hybridized carbons (Fsp3) is 0.167. The number of nitrogens with zero attached hydrogens (tertiary/aromatic N) is 4. The largest absolute Gasteiger partial charge is 0.549 e. The van der Waals surface area contributed by atoms with Crippen molar-refractivity contribution in [3.05, 3.63) is 37.2 Å². The lowest BCUT2D eigenvalue weighted by atomic mass is 10.2. The minimum Gasteiger partial charge on any atom is -0.549 e. The van der Waals surface area contributed by atoms with Crippen molar-refractivity contribution in [2.45, 2.75) is 11.7 Å². The molecule has 0 N–H and O–H groups in total. The van der Waals surface area contributed by atoms with Gasteiger partial charge in [0, 0.05) is 30.3 Å². The first-order valence-corrected chi connectivity index (χ1v) is 6.48. The van der Waals surface area contributed by atoms with Crippen LogP contribution in [0.4, 0.5) is 0 Å². The van der Waals surface area contributed by atoms with E-state index in [4.69, 9.17) is 0 Å². The number of carboxylic acid groups (broad SMARTS) is 1. The number of carbonyl (C=O) groups is 1. The summed E-state index contributed by atoms with van der Waals surface area (Å²) < 4.78 is 1.80. The maximum Gasteiger partial charge on any atom is 0.192 e. The van der Waals surface area contributed by atoms with Gasteiger partial charge in [-0.1, -0.05) is 17.8 Å². The second-order valence-corrected chi connectivity index (χ2v) is 4.54. The van der Waals surface area contributed by atoms with Crippen molar-refractivity contribution < 1.29 is 9.90 Å². The highest BCUT2D eigenvalue weighted by atomic mass is 32.2. The number of rotatable bonds is 6. The van der Waals surface area contributed by atoms with Gasteiger partial charge in [0.2, 0.25) is 0 Å². The number of allylic oxidation sites excluding steroid dienone is 1. The molecule has 0 saturated carbocycles. The molecule has 0 aromatic carbocycles. The molecule has 2 aromatic rings. The molecule has 0 aliphatic rings. The Labute approximate surface area is 114 Å². The Morgan fingerprint density at radius 3 is 2.79 bits per heavy atom. The molecule has 0 bridgehead atoms. The van der Waals surface area contributed by atoms with Crippen LogP contribution in [0.3, 0.4) is 0 Å². The van der Waals surface area contributed by atoms with Crippen molar-refractivity contribution in [1.29, 1.82) is 0 Å². The number of hydrogen-bond donors (Lipinski definition) is 0. The van der Waals surface area contributed by atoms with Gasteiger partial charge in [-0.25, -0.2) is 0 Å². The van der Waals surface area contributed by atoms with E-state index in [2.05, 4.69) is 21.8 Å². The van der Waals surface area contributed by atoms with E-state index in [1.165, 1.54) is 0 Å². The van der Waals surface area contributed by atoms with Crippen LogP contribution in [0.5, 0.6) is 0 Å². The van der Waals surface area contributed by atoms with Crippen LogP contribution in [0.1, 0.15) is 0 Å². The zero-order valence-electron chi connectivity index (χ0n) is 10.0. The molecule has 0 radical (unpaired) electrons. The Morgan fingerprint density at radius 2 is 2.16 bits per heavy atom. The smallest absolute Gasteiger partial charge is 0.192 e. The van der Waals surface area contributed by atoms with Crippen molar-refractivity contribution in [3.63, 3.8) is 0 Å². The van der Waals surface area contributed by atoms with Gasteiger partial charge in [0.1, 0.15) is 0 Å². The maximum atomic E-state index is 10.5. The monoisotopic (exact) mass is 275 g/mol. The summed E-state index contributed by atoms with van der Waals surface area (Å²) in [5.41, 5.74) is 0.865. The fourth-order valence-corrected chi connectivity index (χ4v) is 2.19. The van der Waals surface area contributed by atoms with Crippen LogP contribution in [-0.4, -0.2) is 31.5 Å². The highest BCUT2D eigenvalue weighted by Gasteiger charge is 2.13. The summed E-state index contributed by atoms with van der Waals surface area (Å²) in [5.74, 6) is -0.641. The zero-order valence-corrected chi connectivity index (χ0v) is 10.8. The summed E-state index contributed by atoms with van der Waals surface area (Å²) in [6, 6.07) is 3.63. The van der Waals surface area contributed by atoms with Gasteiger partial charge in [0.25, 0.3) is 0 Å². The SMILES string of the molecule is C=CCn1c(SCC(=O)[O-])nnc1-c1ccncc1. The molecule has 6 nitrogen and oxygen atoms in total. The molecule has 7 heteroatoms. The predicted molar refractivity (Wildman–Crippen MR) is 69.2 cm³/mol. The lowest BCUT2D eigenvalue weighted by Crippen LogP contribution is -2.24. The molecule has 0 spiro atoms. The molecule has 0 atom stereocenters. The first kappa shape index (κ1) is 13.3. The summed E-state index contributed by atoms with van der Waals surface area (Å²) >= 11 is 1.07. The minimum atomic E-state index is -1.14. The molecule has 2 aromatic heterocycles. The first-order valence-electron chi connectivity index (χ1n) is 5.49. The third-order valence-electron chi connectivity index (χ3n) is 2.29. The highest BCUT2D eigenvalue weighted by molar-refractivity contribution is 7.99. The molecule has 0 aliphatic heterocycles. The lowest BCUT2D eigenvalue weighted by molar-refractivity contribution is -0.301. The average Bonchev–Trinajstić information content (AvgIpc) is 2.81. The van der Waals surface area contributed by atoms with Crippen molar-refractivity contribution >= 4 is 17.7 Å². The number of aliphatic carboxylic acids is 1. The van der Waals surface area contributed by atoms with Crippen LogP contribution in [0.2, 0.25) is 0 Å². The summed E-state index contributed by atoms with van der Waals surface area (Å²) in [6.07, 6.45) is 5.03. The van der Waals surface area contributed by atoms with Gasteiger partial charge in [-0.2, -0.15) is 0 Å². The van der Waals surface area contributed by atoms with E-state index in [1.807, 2.05) is 12.1 Å². The number of aromatic nitrogens is 4. The number of pyridine rings is 1. The Morgan fingerprint density at radius 1 is 1.42 bits per heavy atom. The summed E-state index contributed by atoms with van der Waals surface area (Å²) in [4.78, 5) is 14.4. The second kappa shape index (κ2) is 6.14. The van der Waals surface area contributed by atoms with Gasteiger partial charge >= 0.3 is 0 Å². The molecule has 0 fully saturated rings. The third kappa shape index (κ3) is 3.19. The highest BCUT2D eigenvalue weighted by Crippen LogP contribution is 2.23. The third-order valence-corrected chi connectivity index (χ3v) is 3.23. The van der Waals surface area contributed by atoms with E-state index in [-0.39, 0.29) is 5.75 Å². The average molecular weight is 275 g/mol. The second-order valence-electron chi connectivity index (χ2n) is 3.60. The molecule has 19 heavy (non-hydrogen) atoms. The standard InChI is InChI=1S/C12H12N4O2S/c1-2-7-16-11(9-3-5-13-6-4-9)14-15-12(16)19-8-10(17)18/h2-6H,1,7-8H2,(H,17,18)/p-1. The Bertz CT molecular complexity index is 583.